The molecule has 0 aliphatic rings. The molecule has 0 aliphatic heterocycles. The van der Waals surface area contributed by atoms with Gasteiger partial charge >= 0.3 is 0 Å². The van der Waals surface area contributed by atoms with Gasteiger partial charge in [-0.25, -0.2) is 4.39 Å². The molecule has 0 spiro atoms. The van der Waals surface area contributed by atoms with E-state index in [4.69, 9.17) is 27.9 Å². The lowest BCUT2D eigenvalue weighted by atomic mass is 10.2. The molecule has 7 heteroatoms. The molecule has 140 valence electrons. The molecule has 0 saturated heterocycles. The summed E-state index contributed by atoms with van der Waals surface area (Å²) in [6.45, 7) is 4.02. The van der Waals surface area contributed by atoms with Crippen LogP contribution in [-0.4, -0.2) is 24.3 Å². The molecule has 3 nitrogen and oxygen atoms in total. The lowest BCUT2D eigenvalue weighted by molar-refractivity contribution is -0.127. The molecule has 26 heavy (non-hydrogen) atoms. The number of ether oxygens (including phenoxy) is 1. The summed E-state index contributed by atoms with van der Waals surface area (Å²) in [5, 5.41) is 3.88. The summed E-state index contributed by atoms with van der Waals surface area (Å²) in [7, 11) is 0. The quantitative estimate of drug-likeness (QED) is 0.597. The second-order valence-electron chi connectivity index (χ2n) is 5.71. The van der Waals surface area contributed by atoms with Gasteiger partial charge in [0.1, 0.15) is 11.6 Å². The Morgan fingerprint density at radius 2 is 2.04 bits per heavy atom. The van der Waals surface area contributed by atoms with Crippen molar-refractivity contribution in [1.29, 1.82) is 0 Å². The van der Waals surface area contributed by atoms with Gasteiger partial charge < -0.3 is 10.1 Å². The van der Waals surface area contributed by atoms with Crippen LogP contribution in [0.1, 0.15) is 18.1 Å². The van der Waals surface area contributed by atoms with Crippen molar-refractivity contribution in [2.45, 2.75) is 25.7 Å². The lowest BCUT2D eigenvalue weighted by Crippen LogP contribution is -2.37. The summed E-state index contributed by atoms with van der Waals surface area (Å²) < 4.78 is 19.3. The molecule has 1 amide bonds. The van der Waals surface area contributed by atoms with E-state index < -0.39 is 6.10 Å². The maximum atomic E-state index is 13.7. The molecule has 0 fully saturated rings. The molecular formula is C19H20Cl2FNO2S. The van der Waals surface area contributed by atoms with Crippen molar-refractivity contribution in [3.8, 4) is 5.75 Å². The van der Waals surface area contributed by atoms with Crippen LogP contribution < -0.4 is 10.1 Å². The molecule has 0 aromatic heterocycles. The summed E-state index contributed by atoms with van der Waals surface area (Å²) in [4.78, 5) is 12.1. The van der Waals surface area contributed by atoms with Crippen molar-refractivity contribution < 1.29 is 13.9 Å². The van der Waals surface area contributed by atoms with Crippen LogP contribution in [0.5, 0.6) is 5.75 Å². The normalized spacial score (nSPS) is 11.9. The van der Waals surface area contributed by atoms with Gasteiger partial charge in [0.15, 0.2) is 6.10 Å². The minimum Gasteiger partial charge on any atom is -0.481 e. The highest BCUT2D eigenvalue weighted by atomic mass is 35.5. The highest BCUT2D eigenvalue weighted by Crippen LogP contribution is 2.24. The number of carbonyl (C=O) groups excluding carboxylic acids is 1. The summed E-state index contributed by atoms with van der Waals surface area (Å²) in [5.74, 6) is 1.18. The highest BCUT2D eigenvalue weighted by Gasteiger charge is 2.14. The van der Waals surface area contributed by atoms with Crippen LogP contribution in [0.3, 0.4) is 0 Å². The van der Waals surface area contributed by atoms with E-state index in [1.807, 2.05) is 6.92 Å². The van der Waals surface area contributed by atoms with Crippen molar-refractivity contribution >= 4 is 40.9 Å². The third kappa shape index (κ3) is 6.08. The number of benzene rings is 2. The molecule has 0 saturated carbocycles. The van der Waals surface area contributed by atoms with E-state index in [1.165, 1.54) is 17.8 Å². The van der Waals surface area contributed by atoms with Crippen molar-refractivity contribution in [3.63, 3.8) is 0 Å². The molecule has 0 bridgehead atoms. The molecule has 1 N–H and O–H groups in total. The van der Waals surface area contributed by atoms with Gasteiger partial charge in [0, 0.05) is 33.7 Å². The van der Waals surface area contributed by atoms with Gasteiger partial charge in [0.05, 0.1) is 0 Å². The van der Waals surface area contributed by atoms with E-state index in [1.54, 1.807) is 37.3 Å². The second kappa shape index (κ2) is 10.0. The molecule has 0 heterocycles. The zero-order valence-corrected chi connectivity index (χ0v) is 16.8. The monoisotopic (exact) mass is 415 g/mol. The van der Waals surface area contributed by atoms with E-state index in [0.29, 0.717) is 39.4 Å². The fourth-order valence-corrected chi connectivity index (χ4v) is 3.50. The van der Waals surface area contributed by atoms with Gasteiger partial charge in [-0.3, -0.25) is 4.79 Å². The topological polar surface area (TPSA) is 38.3 Å². The third-order valence-corrected chi connectivity index (χ3v) is 5.43. The Bertz CT molecular complexity index is 753. The zero-order chi connectivity index (χ0) is 19.1. The Balaban J connectivity index is 1.71. The van der Waals surface area contributed by atoms with Crippen molar-refractivity contribution in [2.75, 3.05) is 12.3 Å². The Morgan fingerprint density at radius 3 is 2.73 bits per heavy atom. The van der Waals surface area contributed by atoms with Crippen LogP contribution in [0.2, 0.25) is 10.0 Å². The largest absolute Gasteiger partial charge is 0.481 e. The van der Waals surface area contributed by atoms with Crippen LogP contribution >= 0.6 is 35.0 Å². The van der Waals surface area contributed by atoms with E-state index >= 15 is 0 Å². The van der Waals surface area contributed by atoms with E-state index in [9.17, 15) is 9.18 Å². The van der Waals surface area contributed by atoms with Gasteiger partial charge in [0.2, 0.25) is 0 Å². The number of hydrogen-bond acceptors (Lipinski definition) is 3. The average Bonchev–Trinajstić information content (AvgIpc) is 2.60. The molecule has 0 radical (unpaired) electrons. The van der Waals surface area contributed by atoms with Crippen LogP contribution in [0.15, 0.2) is 36.4 Å². The number of rotatable bonds is 8. The first-order chi connectivity index (χ1) is 12.4. The maximum absolute atomic E-state index is 13.7. The first kappa shape index (κ1) is 20.9. The fourth-order valence-electron chi connectivity index (χ4n) is 2.18. The first-order valence-electron chi connectivity index (χ1n) is 8.09. The standard InChI is InChI=1S/C19H20Cl2FNO2S/c1-12-10-14(6-7-16(12)20)25-13(2)19(24)23-8-9-26-11-15-17(21)4-3-5-18(15)22/h3-7,10,13H,8-9,11H2,1-2H3,(H,23,24)/t13-/m1/s1. The van der Waals surface area contributed by atoms with Gasteiger partial charge in [-0.05, 0) is 49.7 Å². The Morgan fingerprint density at radius 1 is 1.27 bits per heavy atom. The lowest BCUT2D eigenvalue weighted by Gasteiger charge is -2.15. The van der Waals surface area contributed by atoms with Gasteiger partial charge in [-0.15, -0.1) is 0 Å². The number of amides is 1. The Hall–Kier alpha value is -1.43. The predicted molar refractivity (Wildman–Crippen MR) is 107 cm³/mol. The molecule has 1 atom stereocenters. The molecule has 2 rings (SSSR count). The van der Waals surface area contributed by atoms with E-state index in [2.05, 4.69) is 5.32 Å². The molecule has 0 unspecified atom stereocenters. The molecular weight excluding hydrogens is 396 g/mol. The second-order valence-corrected chi connectivity index (χ2v) is 7.63. The number of hydrogen-bond donors (Lipinski definition) is 1. The smallest absolute Gasteiger partial charge is 0.260 e. The van der Waals surface area contributed by atoms with Crippen molar-refractivity contribution in [3.05, 3.63) is 63.4 Å². The number of nitrogens with one attached hydrogen (secondary N) is 1. The number of aryl methyl sites for hydroxylation is 1. The fraction of sp³-hybridized carbons (Fsp3) is 0.316. The Labute approximate surface area is 167 Å². The van der Waals surface area contributed by atoms with Crippen LogP contribution in [-0.2, 0) is 10.5 Å². The molecule has 0 aliphatic carbocycles. The maximum Gasteiger partial charge on any atom is 0.260 e. The molecule has 2 aromatic carbocycles. The highest BCUT2D eigenvalue weighted by molar-refractivity contribution is 7.98. The summed E-state index contributed by atoms with van der Waals surface area (Å²) in [6.07, 6.45) is -0.624. The number of carbonyl (C=O) groups is 1. The van der Waals surface area contributed by atoms with Crippen LogP contribution in [0.4, 0.5) is 4.39 Å². The molecule has 2 aromatic rings. The van der Waals surface area contributed by atoms with Crippen molar-refractivity contribution in [2.24, 2.45) is 0 Å². The van der Waals surface area contributed by atoms with E-state index in [0.717, 1.165) is 5.56 Å². The Kier molecular flexibility index (Phi) is 8.07. The van der Waals surface area contributed by atoms with Gasteiger partial charge in [-0.2, -0.15) is 11.8 Å². The van der Waals surface area contributed by atoms with Crippen LogP contribution in [0, 0.1) is 12.7 Å². The van der Waals surface area contributed by atoms with Crippen molar-refractivity contribution in [1.82, 2.24) is 5.32 Å². The third-order valence-electron chi connectivity index (χ3n) is 3.67. The first-order valence-corrected chi connectivity index (χ1v) is 10.0. The van der Waals surface area contributed by atoms with E-state index in [-0.39, 0.29) is 11.7 Å². The zero-order valence-electron chi connectivity index (χ0n) is 14.5. The number of halogens is 3. The minimum atomic E-state index is -0.624. The summed E-state index contributed by atoms with van der Waals surface area (Å²) in [5.41, 5.74) is 1.38. The van der Waals surface area contributed by atoms with Gasteiger partial charge in [-0.1, -0.05) is 29.3 Å². The summed E-state index contributed by atoms with van der Waals surface area (Å²) >= 11 is 13.5. The van der Waals surface area contributed by atoms with Gasteiger partial charge in [0.25, 0.3) is 5.91 Å². The predicted octanol–water partition coefficient (Wildman–Crippen LogP) is 5.26. The average molecular weight is 416 g/mol. The number of thioether (sulfide) groups is 1. The summed E-state index contributed by atoms with van der Waals surface area (Å²) in [6, 6.07) is 9.89. The SMILES string of the molecule is Cc1cc(O[C@H](C)C(=O)NCCSCc2c(F)cccc2Cl)ccc1Cl. The minimum absolute atomic E-state index is 0.206. The van der Waals surface area contributed by atoms with Crippen LogP contribution in [0.25, 0.3) is 0 Å².